The molecule has 4 saturated carbocycles. The Hall–Kier alpha value is -2.70. The van der Waals surface area contributed by atoms with E-state index in [0.717, 1.165) is 64.2 Å². The molecule has 1 saturated heterocycles. The lowest BCUT2D eigenvalue weighted by molar-refractivity contribution is -0.145. The van der Waals surface area contributed by atoms with Crippen molar-refractivity contribution in [2.45, 2.75) is 166 Å². The summed E-state index contributed by atoms with van der Waals surface area (Å²) in [5, 5.41) is 11.7. The molecule has 0 radical (unpaired) electrons. The first kappa shape index (κ1) is 39.5. The number of sulfone groups is 1. The molecule has 12 nitrogen and oxygen atoms in total. The van der Waals surface area contributed by atoms with Gasteiger partial charge in [0.2, 0.25) is 17.6 Å². The highest BCUT2D eigenvalue weighted by Gasteiger charge is 2.70. The minimum atomic E-state index is -3.55. The third-order valence-electron chi connectivity index (χ3n) is 12.5. The third kappa shape index (κ3) is 8.92. The predicted octanol–water partition coefficient (Wildman–Crippen LogP) is 4.01. The monoisotopic (exact) mass is 733 g/mol. The van der Waals surface area contributed by atoms with Crippen LogP contribution in [0.2, 0.25) is 0 Å². The van der Waals surface area contributed by atoms with Crippen LogP contribution in [0.15, 0.2) is 0 Å². The van der Waals surface area contributed by atoms with Crippen LogP contribution < -0.4 is 21.3 Å². The average Bonchev–Trinajstić information content (AvgIpc) is 3.89. The number of carbonyl (C=O) groups is 5. The van der Waals surface area contributed by atoms with Gasteiger partial charge in [0.15, 0.2) is 9.84 Å². The van der Waals surface area contributed by atoms with Gasteiger partial charge in [-0.25, -0.2) is 13.2 Å². The van der Waals surface area contributed by atoms with Gasteiger partial charge in [0.1, 0.15) is 12.1 Å². The maximum Gasteiger partial charge on any atom is 0.315 e. The lowest BCUT2D eigenvalue weighted by Crippen LogP contribution is -2.63. The van der Waals surface area contributed by atoms with Crippen molar-refractivity contribution >= 4 is 39.4 Å². The number of carbonyl (C=O) groups excluding carboxylic acids is 5. The van der Waals surface area contributed by atoms with Crippen LogP contribution in [0, 0.1) is 29.1 Å². The molecule has 1 aliphatic heterocycles. The number of hydrogen-bond acceptors (Lipinski definition) is 7. The maximum absolute atomic E-state index is 14.7. The summed E-state index contributed by atoms with van der Waals surface area (Å²) in [5.41, 5.74) is -1.11. The topological polar surface area (TPSA) is 171 Å². The molecular formula is C38H63N5O7S. The Bertz CT molecular complexity index is 1450. The highest BCUT2D eigenvalue weighted by molar-refractivity contribution is 7.92. The van der Waals surface area contributed by atoms with E-state index in [1.165, 1.54) is 0 Å². The van der Waals surface area contributed by atoms with Crippen molar-refractivity contribution < 1.29 is 32.4 Å². The molecule has 0 bridgehead atoms. The number of fused-ring (bicyclic) bond motifs is 1. The number of amides is 5. The van der Waals surface area contributed by atoms with Gasteiger partial charge in [0.25, 0.3) is 5.91 Å². The van der Waals surface area contributed by atoms with Crippen molar-refractivity contribution in [2.24, 2.45) is 29.1 Å². The Kier molecular flexibility index (Phi) is 11.6. The fourth-order valence-corrected chi connectivity index (χ4v) is 10.5. The van der Waals surface area contributed by atoms with E-state index in [1.807, 2.05) is 13.8 Å². The molecule has 288 valence electrons. The zero-order chi connectivity index (χ0) is 37.5. The van der Waals surface area contributed by atoms with Crippen molar-refractivity contribution in [3.63, 3.8) is 0 Å². The number of piperidine rings is 1. The molecule has 0 spiro atoms. The molecule has 1 heterocycles. The summed E-state index contributed by atoms with van der Waals surface area (Å²) in [5.74, 6) is -2.43. The minimum absolute atomic E-state index is 0.00474. The zero-order valence-corrected chi connectivity index (χ0v) is 32.8. The number of nitrogens with one attached hydrogen (secondary N) is 4. The quantitative estimate of drug-likeness (QED) is 0.207. The van der Waals surface area contributed by atoms with Gasteiger partial charge < -0.3 is 26.2 Å². The van der Waals surface area contributed by atoms with Crippen molar-refractivity contribution in [3.05, 3.63) is 0 Å². The molecule has 5 rings (SSSR count). The number of urea groups is 1. The van der Waals surface area contributed by atoms with Crippen molar-refractivity contribution in [2.75, 3.05) is 12.3 Å². The Labute approximate surface area is 305 Å². The summed E-state index contributed by atoms with van der Waals surface area (Å²) in [6.45, 7) is 13.4. The lowest BCUT2D eigenvalue weighted by atomic mass is 9.82. The van der Waals surface area contributed by atoms with E-state index in [9.17, 15) is 32.4 Å². The average molecular weight is 734 g/mol. The number of Topliss-reactive ketones (excluding diaryl/α,β-unsaturated/α-hetero) is 1. The normalized spacial score (nSPS) is 27.1. The molecule has 5 atom stereocenters. The van der Waals surface area contributed by atoms with Crippen LogP contribution in [0.5, 0.6) is 0 Å². The molecule has 51 heavy (non-hydrogen) atoms. The summed E-state index contributed by atoms with van der Waals surface area (Å²) in [4.78, 5) is 70.6. The van der Waals surface area contributed by atoms with Crippen molar-refractivity contribution in [3.8, 4) is 0 Å². The molecule has 5 amide bonds. The number of nitrogens with zero attached hydrogens (tertiary/aromatic N) is 1. The molecule has 13 heteroatoms. The lowest BCUT2D eigenvalue weighted by Gasteiger charge is -2.41. The number of hydrogen-bond donors (Lipinski definition) is 4. The van der Waals surface area contributed by atoms with E-state index in [4.69, 9.17) is 0 Å². The van der Waals surface area contributed by atoms with Gasteiger partial charge in [-0.05, 0) is 94.8 Å². The molecule has 0 aromatic carbocycles. The molecule has 0 aromatic rings. The van der Waals surface area contributed by atoms with E-state index in [0.29, 0.717) is 25.8 Å². The molecule has 4 aliphatic carbocycles. The Morgan fingerprint density at radius 1 is 0.863 bits per heavy atom. The van der Waals surface area contributed by atoms with Crippen molar-refractivity contribution in [1.29, 1.82) is 0 Å². The third-order valence-corrected chi connectivity index (χ3v) is 15.3. The van der Waals surface area contributed by atoms with Gasteiger partial charge in [0, 0.05) is 12.6 Å². The van der Waals surface area contributed by atoms with Gasteiger partial charge in [-0.2, -0.15) is 0 Å². The first-order valence-electron chi connectivity index (χ1n) is 19.5. The standard InChI is InChI=1S/C38H63N5O7S/c1-23(2)20-27(31(44)33(46)39-25-16-17-25)40-32(45)30-28-26(37(28,6)7)21-43(30)34(47)29(24-14-10-8-11-15-24)41-35(48)42-38(18-12-9-13-19-38)22-51(49,50)36(3,4)5/h23-30H,8-22H2,1-7H3,(H,39,46)(H,40,45)(H2,41,42,48)/t26-,27?,28-,29-,30-/m0/s1. The van der Waals surface area contributed by atoms with E-state index < -0.39 is 61.9 Å². The van der Waals surface area contributed by atoms with Crippen molar-refractivity contribution in [1.82, 2.24) is 26.2 Å². The highest BCUT2D eigenvalue weighted by Crippen LogP contribution is 2.65. The number of ketones is 1. The first-order chi connectivity index (χ1) is 23.8. The Morgan fingerprint density at radius 2 is 1.47 bits per heavy atom. The second-order valence-electron chi connectivity index (χ2n) is 18.4. The number of likely N-dealkylation sites (tertiary alicyclic amines) is 1. The fraction of sp³-hybridized carbons (Fsp3) is 0.868. The van der Waals surface area contributed by atoms with E-state index in [-0.39, 0.29) is 46.8 Å². The van der Waals surface area contributed by atoms with Crippen LogP contribution in [-0.4, -0.2) is 89.6 Å². The molecule has 0 aromatic heterocycles. The van der Waals surface area contributed by atoms with Crippen LogP contribution in [0.4, 0.5) is 4.79 Å². The van der Waals surface area contributed by atoms with Crippen LogP contribution in [0.1, 0.15) is 132 Å². The summed E-state index contributed by atoms with van der Waals surface area (Å²) in [6.07, 6.45) is 10.0. The summed E-state index contributed by atoms with van der Waals surface area (Å²) in [7, 11) is -3.55. The van der Waals surface area contributed by atoms with Gasteiger partial charge in [-0.3, -0.25) is 19.2 Å². The number of rotatable bonds is 13. The molecular weight excluding hydrogens is 671 g/mol. The largest absolute Gasteiger partial charge is 0.347 e. The van der Waals surface area contributed by atoms with Crippen LogP contribution in [0.3, 0.4) is 0 Å². The Morgan fingerprint density at radius 3 is 2.04 bits per heavy atom. The van der Waals surface area contributed by atoms with Gasteiger partial charge in [-0.1, -0.05) is 66.2 Å². The van der Waals surface area contributed by atoms with Crippen LogP contribution >= 0.6 is 0 Å². The molecule has 4 N–H and O–H groups in total. The Balaban J connectivity index is 1.37. The maximum atomic E-state index is 14.7. The SMILES string of the molecule is CC(C)CC(NC(=O)[C@@H]1[C@@H]2[C@H](CN1C(=O)[C@@H](NC(=O)NC1(CS(=O)(=O)C(C)(C)C)CCCCC1)C1CCCCC1)C2(C)C)C(=O)C(=O)NC1CC1. The van der Waals surface area contributed by atoms with E-state index in [2.05, 4.69) is 35.1 Å². The van der Waals surface area contributed by atoms with Gasteiger partial charge in [0.05, 0.1) is 22.1 Å². The minimum Gasteiger partial charge on any atom is -0.347 e. The molecule has 1 unspecified atom stereocenters. The molecule has 5 aliphatic rings. The summed E-state index contributed by atoms with van der Waals surface area (Å²) in [6, 6.07) is -3.30. The predicted molar refractivity (Wildman–Crippen MR) is 195 cm³/mol. The summed E-state index contributed by atoms with van der Waals surface area (Å²) >= 11 is 0. The van der Waals surface area contributed by atoms with Gasteiger partial charge >= 0.3 is 6.03 Å². The van der Waals surface area contributed by atoms with Crippen LogP contribution in [-0.2, 0) is 29.0 Å². The summed E-state index contributed by atoms with van der Waals surface area (Å²) < 4.78 is 25.8. The van der Waals surface area contributed by atoms with E-state index >= 15 is 0 Å². The zero-order valence-electron chi connectivity index (χ0n) is 31.9. The van der Waals surface area contributed by atoms with Gasteiger partial charge in [-0.15, -0.1) is 0 Å². The second kappa shape index (κ2) is 15.0. The second-order valence-corrected chi connectivity index (χ2v) is 21.1. The smallest absolute Gasteiger partial charge is 0.315 e. The highest BCUT2D eigenvalue weighted by atomic mass is 32.2. The molecule has 5 fully saturated rings. The van der Waals surface area contributed by atoms with Crippen LogP contribution in [0.25, 0.3) is 0 Å². The first-order valence-corrected chi connectivity index (χ1v) is 21.2. The fourth-order valence-electron chi connectivity index (χ4n) is 8.98. The van der Waals surface area contributed by atoms with E-state index in [1.54, 1.807) is 25.7 Å².